The summed E-state index contributed by atoms with van der Waals surface area (Å²) in [5.74, 6) is 2.56. The maximum Gasteiger partial charge on any atom is 0.191 e. The summed E-state index contributed by atoms with van der Waals surface area (Å²) in [4.78, 5) is 6.93. The van der Waals surface area contributed by atoms with E-state index in [2.05, 4.69) is 50.9 Å². The van der Waals surface area contributed by atoms with E-state index in [1.165, 1.54) is 24.0 Å². The van der Waals surface area contributed by atoms with Crippen LogP contribution in [0.3, 0.4) is 0 Å². The third-order valence-corrected chi connectivity index (χ3v) is 5.37. The molecule has 156 valence electrons. The normalized spacial score (nSPS) is 15.8. The van der Waals surface area contributed by atoms with Crippen LogP contribution in [0.25, 0.3) is 0 Å². The predicted molar refractivity (Wildman–Crippen MR) is 118 cm³/mol. The predicted octanol–water partition coefficient (Wildman–Crippen LogP) is 3.21. The van der Waals surface area contributed by atoms with E-state index in [9.17, 15) is 0 Å². The average molecular weight is 397 g/mol. The highest BCUT2D eigenvalue weighted by atomic mass is 16.5. The molecule has 0 saturated carbocycles. The number of rotatable bonds is 8. The molecule has 0 aromatic heterocycles. The van der Waals surface area contributed by atoms with Crippen molar-refractivity contribution in [1.29, 1.82) is 0 Å². The van der Waals surface area contributed by atoms with Crippen molar-refractivity contribution in [3.8, 4) is 11.5 Å². The third kappa shape index (κ3) is 5.87. The van der Waals surface area contributed by atoms with E-state index in [0.29, 0.717) is 6.54 Å². The maximum atomic E-state index is 5.43. The number of nitrogens with one attached hydrogen (secondary N) is 2. The Morgan fingerprint density at radius 3 is 2.38 bits per heavy atom. The van der Waals surface area contributed by atoms with E-state index < -0.39 is 0 Å². The van der Waals surface area contributed by atoms with Gasteiger partial charge in [-0.25, -0.2) is 0 Å². The molecule has 2 aromatic carbocycles. The largest absolute Gasteiger partial charge is 0.497 e. The van der Waals surface area contributed by atoms with Gasteiger partial charge < -0.3 is 20.1 Å². The fourth-order valence-corrected chi connectivity index (χ4v) is 3.70. The van der Waals surface area contributed by atoms with Gasteiger partial charge in [0.25, 0.3) is 0 Å². The lowest BCUT2D eigenvalue weighted by molar-refractivity contribution is 0.245. The summed E-state index contributed by atoms with van der Waals surface area (Å²) >= 11 is 0. The van der Waals surface area contributed by atoms with Gasteiger partial charge >= 0.3 is 0 Å². The molecule has 2 N–H and O–H groups in total. The molecule has 0 radical (unpaired) electrons. The molecular weight excluding hydrogens is 364 g/mol. The van der Waals surface area contributed by atoms with Crippen LogP contribution in [-0.2, 0) is 6.54 Å². The van der Waals surface area contributed by atoms with Crippen molar-refractivity contribution in [2.24, 2.45) is 4.99 Å². The number of guanidine groups is 1. The van der Waals surface area contributed by atoms with Crippen LogP contribution in [0.5, 0.6) is 11.5 Å². The summed E-state index contributed by atoms with van der Waals surface area (Å²) in [6.07, 6.45) is 2.51. The Morgan fingerprint density at radius 2 is 1.72 bits per heavy atom. The molecule has 2 aromatic rings. The van der Waals surface area contributed by atoms with Gasteiger partial charge in [0.05, 0.1) is 20.3 Å². The highest BCUT2D eigenvalue weighted by Crippen LogP contribution is 2.27. The summed E-state index contributed by atoms with van der Waals surface area (Å²) in [7, 11) is 5.20. The molecule has 1 aliphatic heterocycles. The van der Waals surface area contributed by atoms with Crippen molar-refractivity contribution in [3.05, 3.63) is 59.7 Å². The first kappa shape index (κ1) is 21.0. The van der Waals surface area contributed by atoms with E-state index in [-0.39, 0.29) is 6.04 Å². The first-order valence-corrected chi connectivity index (χ1v) is 10.2. The summed E-state index contributed by atoms with van der Waals surface area (Å²) in [6.45, 7) is 3.75. The molecule has 6 nitrogen and oxygen atoms in total. The van der Waals surface area contributed by atoms with E-state index >= 15 is 0 Å². The van der Waals surface area contributed by atoms with Crippen molar-refractivity contribution in [2.75, 3.05) is 40.9 Å². The van der Waals surface area contributed by atoms with E-state index in [1.54, 1.807) is 21.3 Å². The molecule has 1 atom stereocenters. The summed E-state index contributed by atoms with van der Waals surface area (Å²) < 4.78 is 10.7. The van der Waals surface area contributed by atoms with E-state index in [1.807, 2.05) is 18.2 Å². The van der Waals surface area contributed by atoms with Gasteiger partial charge in [0.1, 0.15) is 11.5 Å². The van der Waals surface area contributed by atoms with Crippen LogP contribution in [0.4, 0.5) is 0 Å². The number of methoxy groups -OCH3 is 2. The molecule has 1 unspecified atom stereocenters. The molecule has 0 spiro atoms. The lowest BCUT2D eigenvalue weighted by atomic mass is 10.1. The van der Waals surface area contributed by atoms with E-state index in [0.717, 1.165) is 37.1 Å². The number of nitrogens with zero attached hydrogens (tertiary/aromatic N) is 2. The van der Waals surface area contributed by atoms with Crippen LogP contribution in [0, 0.1) is 0 Å². The molecule has 0 aliphatic carbocycles. The van der Waals surface area contributed by atoms with Crippen LogP contribution in [0.2, 0.25) is 0 Å². The van der Waals surface area contributed by atoms with Gasteiger partial charge in [-0.3, -0.25) is 9.89 Å². The minimum atomic E-state index is 0.284. The smallest absolute Gasteiger partial charge is 0.191 e. The van der Waals surface area contributed by atoms with Gasteiger partial charge in [0.15, 0.2) is 5.96 Å². The standard InChI is InChI=1S/C23H32N4O2/c1-24-23(25-16-18-9-11-20(28-2)12-10-18)26-17-22(27-13-4-5-14-27)19-7-6-8-21(15-19)29-3/h6-12,15,22H,4-5,13-14,16-17H2,1-3H3,(H2,24,25,26). The molecule has 1 heterocycles. The molecule has 1 saturated heterocycles. The minimum Gasteiger partial charge on any atom is -0.497 e. The molecule has 0 bridgehead atoms. The summed E-state index contributed by atoms with van der Waals surface area (Å²) in [5, 5.41) is 6.90. The zero-order valence-electron chi connectivity index (χ0n) is 17.6. The zero-order chi connectivity index (χ0) is 20.5. The van der Waals surface area contributed by atoms with Crippen LogP contribution in [0.1, 0.15) is 30.0 Å². The van der Waals surface area contributed by atoms with Gasteiger partial charge in [-0.15, -0.1) is 0 Å². The fourth-order valence-electron chi connectivity index (χ4n) is 3.70. The first-order chi connectivity index (χ1) is 14.2. The lowest BCUT2D eigenvalue weighted by Gasteiger charge is -2.29. The van der Waals surface area contributed by atoms with Crippen molar-refractivity contribution < 1.29 is 9.47 Å². The van der Waals surface area contributed by atoms with Crippen molar-refractivity contribution in [2.45, 2.75) is 25.4 Å². The summed E-state index contributed by atoms with van der Waals surface area (Å²) in [5.41, 5.74) is 2.45. The lowest BCUT2D eigenvalue weighted by Crippen LogP contribution is -2.42. The Bertz CT molecular complexity index is 786. The SMILES string of the molecule is CN=C(NCc1ccc(OC)cc1)NCC(c1cccc(OC)c1)N1CCCC1. The number of likely N-dealkylation sites (tertiary alicyclic amines) is 1. The molecular formula is C23H32N4O2. The van der Waals surface area contributed by atoms with Gasteiger partial charge in [-0.1, -0.05) is 24.3 Å². The average Bonchev–Trinajstić information content (AvgIpc) is 3.31. The first-order valence-electron chi connectivity index (χ1n) is 10.2. The Hall–Kier alpha value is -2.73. The number of benzene rings is 2. The van der Waals surface area contributed by atoms with Gasteiger partial charge in [0, 0.05) is 20.1 Å². The Balaban J connectivity index is 1.61. The van der Waals surface area contributed by atoms with Crippen molar-refractivity contribution >= 4 is 5.96 Å². The highest BCUT2D eigenvalue weighted by molar-refractivity contribution is 5.79. The number of hydrogen-bond donors (Lipinski definition) is 2. The Morgan fingerprint density at radius 1 is 1.00 bits per heavy atom. The number of aliphatic imine (C=N–C) groups is 1. The second-order valence-corrected chi connectivity index (χ2v) is 7.19. The highest BCUT2D eigenvalue weighted by Gasteiger charge is 2.24. The number of ether oxygens (including phenoxy) is 2. The fraction of sp³-hybridized carbons (Fsp3) is 0.435. The second-order valence-electron chi connectivity index (χ2n) is 7.19. The van der Waals surface area contributed by atoms with Crippen LogP contribution in [0.15, 0.2) is 53.5 Å². The second kappa shape index (κ2) is 10.7. The Kier molecular flexibility index (Phi) is 7.76. The molecule has 3 rings (SSSR count). The topological polar surface area (TPSA) is 58.1 Å². The maximum absolute atomic E-state index is 5.43. The van der Waals surface area contributed by atoms with Gasteiger partial charge in [0.2, 0.25) is 0 Å². The molecule has 6 heteroatoms. The van der Waals surface area contributed by atoms with Gasteiger partial charge in [-0.05, 0) is 61.3 Å². The summed E-state index contributed by atoms with van der Waals surface area (Å²) in [6, 6.07) is 16.7. The van der Waals surface area contributed by atoms with Crippen molar-refractivity contribution in [1.82, 2.24) is 15.5 Å². The van der Waals surface area contributed by atoms with Gasteiger partial charge in [-0.2, -0.15) is 0 Å². The molecule has 1 aliphatic rings. The van der Waals surface area contributed by atoms with Crippen molar-refractivity contribution in [3.63, 3.8) is 0 Å². The van der Waals surface area contributed by atoms with E-state index in [4.69, 9.17) is 9.47 Å². The molecule has 29 heavy (non-hydrogen) atoms. The molecule has 1 fully saturated rings. The third-order valence-electron chi connectivity index (χ3n) is 5.37. The minimum absolute atomic E-state index is 0.284. The molecule has 0 amide bonds. The quantitative estimate of drug-likeness (QED) is 0.530. The Labute approximate surface area is 173 Å². The van der Waals surface area contributed by atoms with Crippen LogP contribution < -0.4 is 20.1 Å². The van der Waals surface area contributed by atoms with Crippen LogP contribution >= 0.6 is 0 Å². The zero-order valence-corrected chi connectivity index (χ0v) is 17.6. The monoisotopic (exact) mass is 396 g/mol. The van der Waals surface area contributed by atoms with Crippen LogP contribution in [-0.4, -0.2) is 51.8 Å². The number of hydrogen-bond acceptors (Lipinski definition) is 4.